The third-order valence-corrected chi connectivity index (χ3v) is 4.14. The summed E-state index contributed by atoms with van der Waals surface area (Å²) >= 11 is 0. The molecule has 1 aliphatic carbocycles. The topological polar surface area (TPSA) is 64.9 Å². The van der Waals surface area contributed by atoms with Gasteiger partial charge in [-0.25, -0.2) is 0 Å². The number of hydrogen-bond acceptors (Lipinski definition) is 4. The molecule has 1 saturated carbocycles. The largest absolute Gasteiger partial charge is 0.334 e. The SMILES string of the molecule is CC1CCC(c2noc(-c3ccc(CCN)cc3)n2)C1. The van der Waals surface area contributed by atoms with Crippen molar-refractivity contribution in [1.29, 1.82) is 0 Å². The summed E-state index contributed by atoms with van der Waals surface area (Å²) in [5.74, 6) is 2.74. The summed E-state index contributed by atoms with van der Waals surface area (Å²) in [6.45, 7) is 2.96. The van der Waals surface area contributed by atoms with Gasteiger partial charge >= 0.3 is 0 Å². The van der Waals surface area contributed by atoms with Crippen LogP contribution in [0.5, 0.6) is 0 Å². The van der Waals surface area contributed by atoms with Crippen molar-refractivity contribution in [2.75, 3.05) is 6.54 Å². The van der Waals surface area contributed by atoms with Gasteiger partial charge in [-0.1, -0.05) is 24.2 Å². The van der Waals surface area contributed by atoms with Gasteiger partial charge in [0, 0.05) is 11.5 Å². The zero-order valence-corrected chi connectivity index (χ0v) is 11.9. The molecule has 0 bridgehead atoms. The molecule has 1 aromatic carbocycles. The highest BCUT2D eigenvalue weighted by Crippen LogP contribution is 2.37. The van der Waals surface area contributed by atoms with Gasteiger partial charge in [-0.3, -0.25) is 0 Å². The first-order chi connectivity index (χ1) is 9.76. The summed E-state index contributed by atoms with van der Waals surface area (Å²) in [4.78, 5) is 4.57. The second-order valence-corrected chi connectivity index (χ2v) is 5.81. The number of hydrogen-bond donors (Lipinski definition) is 1. The van der Waals surface area contributed by atoms with E-state index in [0.717, 1.165) is 23.7 Å². The van der Waals surface area contributed by atoms with E-state index < -0.39 is 0 Å². The molecule has 0 spiro atoms. The van der Waals surface area contributed by atoms with Crippen LogP contribution >= 0.6 is 0 Å². The van der Waals surface area contributed by atoms with Crippen LogP contribution in [0.4, 0.5) is 0 Å². The fraction of sp³-hybridized carbons (Fsp3) is 0.500. The number of rotatable bonds is 4. The molecule has 0 aliphatic heterocycles. The van der Waals surface area contributed by atoms with Crippen LogP contribution in [0.2, 0.25) is 0 Å². The van der Waals surface area contributed by atoms with Gasteiger partial charge in [0.25, 0.3) is 5.89 Å². The monoisotopic (exact) mass is 271 g/mol. The first-order valence-electron chi connectivity index (χ1n) is 7.39. The lowest BCUT2D eigenvalue weighted by atomic mass is 10.1. The van der Waals surface area contributed by atoms with Gasteiger partial charge in [0.2, 0.25) is 0 Å². The average Bonchev–Trinajstić information content (AvgIpc) is 3.09. The van der Waals surface area contributed by atoms with Crippen molar-refractivity contribution in [3.05, 3.63) is 35.7 Å². The minimum Gasteiger partial charge on any atom is -0.334 e. The van der Waals surface area contributed by atoms with Crippen LogP contribution < -0.4 is 5.73 Å². The molecular formula is C16H21N3O. The molecular weight excluding hydrogens is 250 g/mol. The summed E-state index contributed by atoms with van der Waals surface area (Å²) in [5.41, 5.74) is 7.77. The third-order valence-electron chi connectivity index (χ3n) is 4.14. The van der Waals surface area contributed by atoms with Crippen LogP contribution in [-0.4, -0.2) is 16.7 Å². The molecule has 1 aromatic heterocycles. The lowest BCUT2D eigenvalue weighted by Crippen LogP contribution is -2.02. The fourth-order valence-electron chi connectivity index (χ4n) is 2.94. The Morgan fingerprint density at radius 3 is 2.70 bits per heavy atom. The highest BCUT2D eigenvalue weighted by Gasteiger charge is 2.26. The van der Waals surface area contributed by atoms with E-state index in [4.69, 9.17) is 10.3 Å². The van der Waals surface area contributed by atoms with Crippen molar-refractivity contribution >= 4 is 0 Å². The van der Waals surface area contributed by atoms with Crippen molar-refractivity contribution in [2.24, 2.45) is 11.7 Å². The van der Waals surface area contributed by atoms with Gasteiger partial charge in [0.1, 0.15) is 0 Å². The Morgan fingerprint density at radius 2 is 2.05 bits per heavy atom. The molecule has 1 fully saturated rings. The first-order valence-corrected chi connectivity index (χ1v) is 7.39. The van der Waals surface area contributed by atoms with Crippen molar-refractivity contribution < 1.29 is 4.52 Å². The standard InChI is InChI=1S/C16H21N3O/c1-11-2-5-14(10-11)15-18-16(20-19-15)13-6-3-12(4-7-13)8-9-17/h3-4,6-7,11,14H,2,5,8-10,17H2,1H3. The van der Waals surface area contributed by atoms with Crippen LogP contribution in [0.15, 0.2) is 28.8 Å². The van der Waals surface area contributed by atoms with Crippen molar-refractivity contribution in [1.82, 2.24) is 10.1 Å². The Hall–Kier alpha value is -1.68. The molecule has 106 valence electrons. The Bertz CT molecular complexity index is 561. The molecule has 4 heteroatoms. The molecule has 2 aromatic rings. The van der Waals surface area contributed by atoms with Crippen molar-refractivity contribution in [3.63, 3.8) is 0 Å². The highest BCUT2D eigenvalue weighted by atomic mass is 16.5. The molecule has 0 saturated heterocycles. The summed E-state index contributed by atoms with van der Waals surface area (Å²) < 4.78 is 5.41. The van der Waals surface area contributed by atoms with Crippen LogP contribution in [0.25, 0.3) is 11.5 Å². The summed E-state index contributed by atoms with van der Waals surface area (Å²) in [6, 6.07) is 8.20. The van der Waals surface area contributed by atoms with E-state index in [9.17, 15) is 0 Å². The Balaban J connectivity index is 1.76. The smallest absolute Gasteiger partial charge is 0.257 e. The second kappa shape index (κ2) is 5.75. The van der Waals surface area contributed by atoms with E-state index in [1.54, 1.807) is 0 Å². The van der Waals surface area contributed by atoms with Gasteiger partial charge in [0.05, 0.1) is 0 Å². The number of aromatic nitrogens is 2. The van der Waals surface area contributed by atoms with E-state index in [0.29, 0.717) is 18.4 Å². The number of nitrogens with zero attached hydrogens (tertiary/aromatic N) is 2. The third kappa shape index (κ3) is 2.75. The van der Waals surface area contributed by atoms with E-state index in [1.165, 1.54) is 24.8 Å². The predicted molar refractivity (Wildman–Crippen MR) is 78.2 cm³/mol. The maximum Gasteiger partial charge on any atom is 0.257 e. The zero-order chi connectivity index (χ0) is 13.9. The van der Waals surface area contributed by atoms with Gasteiger partial charge in [-0.2, -0.15) is 4.98 Å². The normalized spacial score (nSPS) is 22.3. The average molecular weight is 271 g/mol. The quantitative estimate of drug-likeness (QED) is 0.927. The Kier molecular flexibility index (Phi) is 3.83. The van der Waals surface area contributed by atoms with Crippen LogP contribution in [-0.2, 0) is 6.42 Å². The minimum absolute atomic E-state index is 0.471. The maximum absolute atomic E-state index is 5.55. The van der Waals surface area contributed by atoms with Crippen LogP contribution in [0, 0.1) is 5.92 Å². The fourth-order valence-corrected chi connectivity index (χ4v) is 2.94. The van der Waals surface area contributed by atoms with Gasteiger partial charge in [-0.15, -0.1) is 0 Å². The van der Waals surface area contributed by atoms with Gasteiger partial charge < -0.3 is 10.3 Å². The summed E-state index contributed by atoms with van der Waals surface area (Å²) in [5, 5.41) is 4.16. The molecule has 3 rings (SSSR count). The molecule has 1 heterocycles. The van der Waals surface area contributed by atoms with E-state index in [-0.39, 0.29) is 0 Å². The Morgan fingerprint density at radius 1 is 1.25 bits per heavy atom. The maximum atomic E-state index is 5.55. The van der Waals surface area contributed by atoms with E-state index >= 15 is 0 Å². The highest BCUT2D eigenvalue weighted by molar-refractivity contribution is 5.53. The van der Waals surface area contributed by atoms with Crippen LogP contribution in [0.3, 0.4) is 0 Å². The summed E-state index contributed by atoms with van der Waals surface area (Å²) in [7, 11) is 0. The van der Waals surface area contributed by atoms with E-state index in [1.807, 2.05) is 12.1 Å². The summed E-state index contributed by atoms with van der Waals surface area (Å²) in [6.07, 6.45) is 4.52. The molecule has 1 aliphatic rings. The predicted octanol–water partition coefficient (Wildman–Crippen LogP) is 3.14. The van der Waals surface area contributed by atoms with Gasteiger partial charge in [-0.05, 0) is 55.8 Å². The molecule has 0 amide bonds. The van der Waals surface area contributed by atoms with E-state index in [2.05, 4.69) is 29.2 Å². The molecule has 20 heavy (non-hydrogen) atoms. The van der Waals surface area contributed by atoms with Crippen LogP contribution in [0.1, 0.15) is 43.5 Å². The first kappa shape index (κ1) is 13.3. The molecule has 0 radical (unpaired) electrons. The lowest BCUT2D eigenvalue weighted by molar-refractivity contribution is 0.414. The minimum atomic E-state index is 0.471. The zero-order valence-electron chi connectivity index (χ0n) is 11.9. The molecule has 4 nitrogen and oxygen atoms in total. The number of benzene rings is 1. The molecule has 2 atom stereocenters. The molecule has 2 unspecified atom stereocenters. The number of nitrogens with two attached hydrogens (primary N) is 1. The van der Waals surface area contributed by atoms with Crippen molar-refractivity contribution in [2.45, 2.75) is 38.5 Å². The Labute approximate surface area is 119 Å². The lowest BCUT2D eigenvalue weighted by Gasteiger charge is -2.02. The van der Waals surface area contributed by atoms with Gasteiger partial charge in [0.15, 0.2) is 5.82 Å². The second-order valence-electron chi connectivity index (χ2n) is 5.81. The van der Waals surface area contributed by atoms with Crippen molar-refractivity contribution in [3.8, 4) is 11.5 Å². The molecule has 2 N–H and O–H groups in total.